The SMILES string of the molecule is COc1ncccc1NC(=O)N1CCC(C(=O)Nc2ccccc2)CC1. The second kappa shape index (κ2) is 8.33. The molecule has 1 aromatic carbocycles. The van der Waals surface area contributed by atoms with Crippen LogP contribution in [-0.2, 0) is 4.79 Å². The van der Waals surface area contributed by atoms with Crippen LogP contribution in [0.2, 0.25) is 0 Å². The van der Waals surface area contributed by atoms with E-state index in [1.807, 2.05) is 30.3 Å². The van der Waals surface area contributed by atoms with Gasteiger partial charge in [0.2, 0.25) is 11.8 Å². The van der Waals surface area contributed by atoms with Gasteiger partial charge in [0.1, 0.15) is 5.69 Å². The number of para-hydroxylation sites is 1. The number of hydrogen-bond donors (Lipinski definition) is 2. The molecule has 0 radical (unpaired) electrons. The van der Waals surface area contributed by atoms with E-state index in [1.165, 1.54) is 7.11 Å². The Morgan fingerprint density at radius 1 is 1.08 bits per heavy atom. The number of benzene rings is 1. The maximum Gasteiger partial charge on any atom is 0.321 e. The fraction of sp³-hybridized carbons (Fsp3) is 0.316. The quantitative estimate of drug-likeness (QED) is 0.884. The number of urea groups is 1. The van der Waals surface area contributed by atoms with Crippen molar-refractivity contribution < 1.29 is 14.3 Å². The minimum absolute atomic E-state index is 0.00480. The molecular formula is C19H22N4O3. The first-order valence-corrected chi connectivity index (χ1v) is 8.58. The largest absolute Gasteiger partial charge is 0.480 e. The van der Waals surface area contributed by atoms with Gasteiger partial charge in [-0.2, -0.15) is 0 Å². The summed E-state index contributed by atoms with van der Waals surface area (Å²) in [7, 11) is 1.51. The molecular weight excluding hydrogens is 332 g/mol. The van der Waals surface area contributed by atoms with Crippen molar-refractivity contribution in [1.29, 1.82) is 0 Å². The van der Waals surface area contributed by atoms with E-state index in [2.05, 4.69) is 15.6 Å². The number of anilines is 2. The number of likely N-dealkylation sites (tertiary alicyclic amines) is 1. The minimum Gasteiger partial charge on any atom is -0.480 e. The van der Waals surface area contributed by atoms with Gasteiger partial charge in [-0.05, 0) is 37.1 Å². The highest BCUT2D eigenvalue weighted by molar-refractivity contribution is 5.93. The standard InChI is InChI=1S/C19H22N4O3/c1-26-18-16(8-5-11-20-18)22-19(25)23-12-9-14(10-13-23)17(24)21-15-6-3-2-4-7-15/h2-8,11,14H,9-10,12-13H2,1H3,(H,21,24)(H,22,25). The summed E-state index contributed by atoms with van der Waals surface area (Å²) < 4.78 is 5.14. The highest BCUT2D eigenvalue weighted by atomic mass is 16.5. The van der Waals surface area contributed by atoms with Crippen LogP contribution < -0.4 is 15.4 Å². The topological polar surface area (TPSA) is 83.6 Å². The zero-order valence-corrected chi connectivity index (χ0v) is 14.6. The second-order valence-electron chi connectivity index (χ2n) is 6.11. The number of piperidine rings is 1. The van der Waals surface area contributed by atoms with Crippen LogP contribution >= 0.6 is 0 Å². The molecule has 2 heterocycles. The molecule has 136 valence electrons. The van der Waals surface area contributed by atoms with E-state index < -0.39 is 0 Å². The van der Waals surface area contributed by atoms with Crippen molar-refractivity contribution in [3.8, 4) is 5.88 Å². The summed E-state index contributed by atoms with van der Waals surface area (Å²) in [5, 5.41) is 5.74. The highest BCUT2D eigenvalue weighted by Crippen LogP contribution is 2.23. The first kappa shape index (κ1) is 17.7. The molecule has 1 aliphatic heterocycles. The Hall–Kier alpha value is -3.09. The Kier molecular flexibility index (Phi) is 5.68. The number of rotatable bonds is 4. The fourth-order valence-corrected chi connectivity index (χ4v) is 2.95. The van der Waals surface area contributed by atoms with E-state index in [4.69, 9.17) is 4.74 Å². The van der Waals surface area contributed by atoms with E-state index in [0.717, 1.165) is 5.69 Å². The molecule has 1 aromatic heterocycles. The molecule has 1 aliphatic rings. The van der Waals surface area contributed by atoms with Gasteiger partial charge in [-0.3, -0.25) is 4.79 Å². The van der Waals surface area contributed by atoms with Gasteiger partial charge in [-0.1, -0.05) is 18.2 Å². The highest BCUT2D eigenvalue weighted by Gasteiger charge is 2.27. The number of pyridine rings is 1. The zero-order chi connectivity index (χ0) is 18.4. The summed E-state index contributed by atoms with van der Waals surface area (Å²) in [5.74, 6) is 0.287. The molecule has 0 spiro atoms. The molecule has 0 saturated carbocycles. The normalized spacial score (nSPS) is 14.6. The van der Waals surface area contributed by atoms with Crippen LogP contribution in [-0.4, -0.2) is 42.0 Å². The Bertz CT molecular complexity index is 758. The molecule has 26 heavy (non-hydrogen) atoms. The van der Waals surface area contributed by atoms with Crippen molar-refractivity contribution in [2.75, 3.05) is 30.8 Å². The molecule has 3 rings (SSSR count). The molecule has 7 nitrogen and oxygen atoms in total. The van der Waals surface area contributed by atoms with Crippen LogP contribution in [0.3, 0.4) is 0 Å². The first-order chi connectivity index (χ1) is 12.7. The van der Waals surface area contributed by atoms with Crippen LogP contribution in [0.15, 0.2) is 48.7 Å². The molecule has 0 aliphatic carbocycles. The number of amides is 3. The maximum absolute atomic E-state index is 12.4. The third-order valence-electron chi connectivity index (χ3n) is 4.40. The Labute approximate surface area is 152 Å². The lowest BCUT2D eigenvalue weighted by Crippen LogP contribution is -2.43. The summed E-state index contributed by atoms with van der Waals surface area (Å²) in [5.41, 5.74) is 1.32. The number of carbonyl (C=O) groups is 2. The average Bonchev–Trinajstić information content (AvgIpc) is 2.69. The van der Waals surface area contributed by atoms with Gasteiger partial charge in [-0.15, -0.1) is 0 Å². The van der Waals surface area contributed by atoms with Gasteiger partial charge in [0, 0.05) is 30.9 Å². The average molecular weight is 354 g/mol. The van der Waals surface area contributed by atoms with Crippen LogP contribution in [0.4, 0.5) is 16.2 Å². The number of nitrogens with zero attached hydrogens (tertiary/aromatic N) is 2. The van der Waals surface area contributed by atoms with Crippen LogP contribution in [0, 0.1) is 5.92 Å². The Morgan fingerprint density at radius 3 is 2.50 bits per heavy atom. The summed E-state index contributed by atoms with van der Waals surface area (Å²) in [6.45, 7) is 1.06. The van der Waals surface area contributed by atoms with E-state index in [-0.39, 0.29) is 17.9 Å². The minimum atomic E-state index is -0.210. The summed E-state index contributed by atoms with van der Waals surface area (Å²) in [6.07, 6.45) is 2.87. The molecule has 2 aromatic rings. The van der Waals surface area contributed by atoms with Crippen molar-refractivity contribution in [3.05, 3.63) is 48.7 Å². The molecule has 2 N–H and O–H groups in total. The molecule has 3 amide bonds. The lowest BCUT2D eigenvalue weighted by molar-refractivity contribution is -0.121. The smallest absolute Gasteiger partial charge is 0.321 e. The molecule has 0 atom stereocenters. The Morgan fingerprint density at radius 2 is 1.81 bits per heavy atom. The Balaban J connectivity index is 1.51. The number of methoxy groups -OCH3 is 1. The maximum atomic E-state index is 12.4. The number of ether oxygens (including phenoxy) is 1. The van der Waals surface area contributed by atoms with Gasteiger partial charge in [0.25, 0.3) is 0 Å². The second-order valence-corrected chi connectivity index (χ2v) is 6.11. The van der Waals surface area contributed by atoms with Gasteiger partial charge in [0.05, 0.1) is 7.11 Å². The third kappa shape index (κ3) is 4.30. The predicted octanol–water partition coefficient (Wildman–Crippen LogP) is 2.97. The first-order valence-electron chi connectivity index (χ1n) is 8.58. The number of carbonyl (C=O) groups excluding carboxylic acids is 2. The van der Waals surface area contributed by atoms with Crippen molar-refractivity contribution >= 4 is 23.3 Å². The molecule has 7 heteroatoms. The molecule has 0 bridgehead atoms. The van der Waals surface area contributed by atoms with E-state index in [0.29, 0.717) is 37.5 Å². The number of aromatic nitrogens is 1. The van der Waals surface area contributed by atoms with Crippen molar-refractivity contribution in [2.24, 2.45) is 5.92 Å². The van der Waals surface area contributed by atoms with Gasteiger partial charge in [-0.25, -0.2) is 9.78 Å². The molecule has 1 fully saturated rings. The fourth-order valence-electron chi connectivity index (χ4n) is 2.95. The van der Waals surface area contributed by atoms with Gasteiger partial charge < -0.3 is 20.3 Å². The molecule has 0 unspecified atom stereocenters. The van der Waals surface area contributed by atoms with Crippen LogP contribution in [0.25, 0.3) is 0 Å². The van der Waals surface area contributed by atoms with E-state index >= 15 is 0 Å². The zero-order valence-electron chi connectivity index (χ0n) is 14.6. The molecule has 1 saturated heterocycles. The van der Waals surface area contributed by atoms with E-state index in [1.54, 1.807) is 23.2 Å². The van der Waals surface area contributed by atoms with Crippen LogP contribution in [0.5, 0.6) is 5.88 Å². The van der Waals surface area contributed by atoms with E-state index in [9.17, 15) is 9.59 Å². The van der Waals surface area contributed by atoms with Crippen molar-refractivity contribution in [3.63, 3.8) is 0 Å². The summed E-state index contributed by atoms with van der Waals surface area (Å²) in [4.78, 5) is 30.6. The third-order valence-corrected chi connectivity index (χ3v) is 4.40. The number of hydrogen-bond acceptors (Lipinski definition) is 4. The van der Waals surface area contributed by atoms with Crippen molar-refractivity contribution in [1.82, 2.24) is 9.88 Å². The van der Waals surface area contributed by atoms with Crippen LogP contribution in [0.1, 0.15) is 12.8 Å². The predicted molar refractivity (Wildman–Crippen MR) is 99.2 cm³/mol. The van der Waals surface area contributed by atoms with Gasteiger partial charge >= 0.3 is 6.03 Å². The summed E-state index contributed by atoms with van der Waals surface area (Å²) in [6, 6.07) is 12.7. The van der Waals surface area contributed by atoms with Crippen molar-refractivity contribution in [2.45, 2.75) is 12.8 Å². The monoisotopic (exact) mass is 354 g/mol. The lowest BCUT2D eigenvalue weighted by Gasteiger charge is -2.31. The summed E-state index contributed by atoms with van der Waals surface area (Å²) >= 11 is 0. The lowest BCUT2D eigenvalue weighted by atomic mass is 9.96. The number of nitrogens with one attached hydrogen (secondary N) is 2. The van der Waals surface area contributed by atoms with Gasteiger partial charge in [0.15, 0.2) is 0 Å².